The number of nitrogens with zero attached hydrogens (tertiary/aromatic N) is 2. The maximum absolute atomic E-state index is 5.95. The molecular weight excluding hydrogens is 290 g/mol. The summed E-state index contributed by atoms with van der Waals surface area (Å²) in [6.07, 6.45) is 3.90. The van der Waals surface area contributed by atoms with Crippen LogP contribution in [0.2, 0.25) is 0 Å². The highest BCUT2D eigenvalue weighted by molar-refractivity contribution is 5.46. The number of para-hydroxylation sites is 1. The van der Waals surface area contributed by atoms with Crippen LogP contribution in [-0.4, -0.2) is 29.0 Å². The van der Waals surface area contributed by atoms with Gasteiger partial charge in [-0.2, -0.15) is 5.10 Å². The first kappa shape index (κ1) is 17.3. The van der Waals surface area contributed by atoms with Gasteiger partial charge in [-0.1, -0.05) is 12.1 Å². The second-order valence-corrected chi connectivity index (χ2v) is 6.01. The molecule has 2 aromatic rings. The van der Waals surface area contributed by atoms with E-state index in [0.717, 1.165) is 17.1 Å². The fraction of sp³-hybridized carbons (Fsp3) is 0.500. The molecule has 1 heterocycles. The van der Waals surface area contributed by atoms with Crippen LogP contribution in [0.1, 0.15) is 39.3 Å². The van der Waals surface area contributed by atoms with Crippen LogP contribution >= 0.6 is 0 Å². The van der Waals surface area contributed by atoms with Gasteiger partial charge in [-0.15, -0.1) is 0 Å². The summed E-state index contributed by atoms with van der Waals surface area (Å²) in [5.74, 6) is 1.59. The third kappa shape index (κ3) is 4.48. The monoisotopic (exact) mass is 317 g/mol. The molecule has 0 saturated heterocycles. The standard InChI is InChI=1S/C18H27N3O2/c1-13(2)23-18-16(8-6-9-17(18)22-5)12-19-14(3)15(4)21-11-7-10-20-21/h6-11,13-15,19H,12H2,1-5H3/t14-,15+/m1/s1. The third-order valence-corrected chi connectivity index (χ3v) is 3.91. The van der Waals surface area contributed by atoms with Crippen LogP contribution in [0.3, 0.4) is 0 Å². The lowest BCUT2D eigenvalue weighted by atomic mass is 10.1. The van der Waals surface area contributed by atoms with Crippen molar-refractivity contribution in [2.24, 2.45) is 0 Å². The van der Waals surface area contributed by atoms with Gasteiger partial charge in [0, 0.05) is 30.5 Å². The van der Waals surface area contributed by atoms with Crippen LogP contribution in [0.4, 0.5) is 0 Å². The molecule has 1 aromatic carbocycles. The van der Waals surface area contributed by atoms with Gasteiger partial charge < -0.3 is 14.8 Å². The molecule has 0 aliphatic rings. The maximum atomic E-state index is 5.95. The zero-order chi connectivity index (χ0) is 16.8. The Kier molecular flexibility index (Phi) is 6.04. The van der Waals surface area contributed by atoms with Gasteiger partial charge in [0.15, 0.2) is 11.5 Å². The summed E-state index contributed by atoms with van der Waals surface area (Å²) in [6.45, 7) is 9.07. The average molecular weight is 317 g/mol. The minimum Gasteiger partial charge on any atom is -0.493 e. The number of rotatable bonds is 8. The predicted molar refractivity (Wildman–Crippen MR) is 92.0 cm³/mol. The van der Waals surface area contributed by atoms with E-state index < -0.39 is 0 Å². The van der Waals surface area contributed by atoms with Crippen LogP contribution in [0, 0.1) is 0 Å². The van der Waals surface area contributed by atoms with E-state index in [9.17, 15) is 0 Å². The van der Waals surface area contributed by atoms with E-state index in [1.165, 1.54) is 0 Å². The fourth-order valence-corrected chi connectivity index (χ4v) is 2.42. The van der Waals surface area contributed by atoms with Gasteiger partial charge in [-0.25, -0.2) is 0 Å². The average Bonchev–Trinajstić information content (AvgIpc) is 3.06. The number of hydrogen-bond donors (Lipinski definition) is 1. The Hall–Kier alpha value is -2.01. The number of ether oxygens (including phenoxy) is 2. The van der Waals surface area contributed by atoms with Gasteiger partial charge in [-0.05, 0) is 39.8 Å². The van der Waals surface area contributed by atoms with E-state index in [0.29, 0.717) is 6.54 Å². The second-order valence-electron chi connectivity index (χ2n) is 6.01. The number of nitrogens with one attached hydrogen (secondary N) is 1. The lowest BCUT2D eigenvalue weighted by Crippen LogP contribution is -2.33. The molecule has 5 heteroatoms. The van der Waals surface area contributed by atoms with Crippen LogP contribution in [0.25, 0.3) is 0 Å². The molecule has 1 N–H and O–H groups in total. The summed E-state index contributed by atoms with van der Waals surface area (Å²) in [5.41, 5.74) is 1.09. The second kappa shape index (κ2) is 8.02. The molecule has 0 unspecified atom stereocenters. The van der Waals surface area contributed by atoms with E-state index in [-0.39, 0.29) is 18.2 Å². The molecule has 0 spiro atoms. The van der Waals surface area contributed by atoms with Crippen molar-refractivity contribution < 1.29 is 9.47 Å². The Bertz CT molecular complexity index is 596. The van der Waals surface area contributed by atoms with Crippen molar-refractivity contribution in [3.8, 4) is 11.5 Å². The highest BCUT2D eigenvalue weighted by atomic mass is 16.5. The largest absolute Gasteiger partial charge is 0.493 e. The summed E-state index contributed by atoms with van der Waals surface area (Å²) in [4.78, 5) is 0. The Morgan fingerprint density at radius 3 is 2.57 bits per heavy atom. The Morgan fingerprint density at radius 1 is 1.17 bits per heavy atom. The van der Waals surface area contributed by atoms with E-state index in [1.54, 1.807) is 13.3 Å². The molecule has 0 bridgehead atoms. The van der Waals surface area contributed by atoms with Gasteiger partial charge in [0.1, 0.15) is 0 Å². The minimum absolute atomic E-state index is 0.102. The van der Waals surface area contributed by atoms with E-state index in [4.69, 9.17) is 9.47 Å². The number of benzene rings is 1. The lowest BCUT2D eigenvalue weighted by molar-refractivity contribution is 0.226. The molecular formula is C18H27N3O2. The summed E-state index contributed by atoms with van der Waals surface area (Å²) in [5, 5.41) is 7.86. The molecule has 0 aliphatic carbocycles. The predicted octanol–water partition coefficient (Wildman–Crippen LogP) is 3.42. The summed E-state index contributed by atoms with van der Waals surface area (Å²) < 4.78 is 13.4. The van der Waals surface area contributed by atoms with Gasteiger partial charge >= 0.3 is 0 Å². The smallest absolute Gasteiger partial charge is 0.166 e. The SMILES string of the molecule is COc1cccc(CN[C@H](C)[C@H](C)n2cccn2)c1OC(C)C. The normalized spacial score (nSPS) is 13.8. The van der Waals surface area contributed by atoms with Crippen LogP contribution < -0.4 is 14.8 Å². The number of methoxy groups -OCH3 is 1. The topological polar surface area (TPSA) is 48.3 Å². The van der Waals surface area contributed by atoms with Gasteiger partial charge in [0.25, 0.3) is 0 Å². The molecule has 0 aliphatic heterocycles. The Balaban J connectivity index is 2.07. The summed E-state index contributed by atoms with van der Waals surface area (Å²) in [6, 6.07) is 8.47. The third-order valence-electron chi connectivity index (χ3n) is 3.91. The quantitative estimate of drug-likeness (QED) is 0.810. The Morgan fingerprint density at radius 2 is 1.96 bits per heavy atom. The van der Waals surface area contributed by atoms with E-state index in [1.807, 2.05) is 42.9 Å². The van der Waals surface area contributed by atoms with Gasteiger partial charge in [0.05, 0.1) is 19.3 Å². The number of aromatic nitrogens is 2. The molecule has 1 aromatic heterocycles. The molecule has 2 atom stereocenters. The van der Waals surface area contributed by atoms with Crippen molar-refractivity contribution in [3.05, 3.63) is 42.2 Å². The fourth-order valence-electron chi connectivity index (χ4n) is 2.42. The van der Waals surface area contributed by atoms with Crippen LogP contribution in [-0.2, 0) is 6.54 Å². The van der Waals surface area contributed by atoms with Crippen LogP contribution in [0.5, 0.6) is 11.5 Å². The molecule has 0 amide bonds. The molecule has 126 valence electrons. The summed E-state index contributed by atoms with van der Waals surface area (Å²) in [7, 11) is 1.67. The minimum atomic E-state index is 0.102. The Labute approximate surface area is 138 Å². The van der Waals surface area contributed by atoms with E-state index >= 15 is 0 Å². The summed E-state index contributed by atoms with van der Waals surface area (Å²) >= 11 is 0. The van der Waals surface area contributed by atoms with Crippen molar-refractivity contribution in [2.45, 2.75) is 52.4 Å². The molecule has 2 rings (SSSR count). The molecule has 0 saturated carbocycles. The van der Waals surface area contributed by atoms with Crippen LogP contribution in [0.15, 0.2) is 36.7 Å². The zero-order valence-electron chi connectivity index (χ0n) is 14.6. The van der Waals surface area contributed by atoms with Gasteiger partial charge in [-0.3, -0.25) is 4.68 Å². The highest BCUT2D eigenvalue weighted by Gasteiger charge is 2.16. The van der Waals surface area contributed by atoms with E-state index in [2.05, 4.69) is 30.3 Å². The maximum Gasteiger partial charge on any atom is 0.166 e. The molecule has 23 heavy (non-hydrogen) atoms. The number of hydrogen-bond acceptors (Lipinski definition) is 4. The zero-order valence-corrected chi connectivity index (χ0v) is 14.6. The van der Waals surface area contributed by atoms with Crippen molar-refractivity contribution in [1.82, 2.24) is 15.1 Å². The first-order valence-electron chi connectivity index (χ1n) is 8.08. The molecule has 0 radical (unpaired) electrons. The van der Waals surface area contributed by atoms with Gasteiger partial charge in [0.2, 0.25) is 0 Å². The van der Waals surface area contributed by atoms with Crippen molar-refractivity contribution in [1.29, 1.82) is 0 Å². The first-order valence-corrected chi connectivity index (χ1v) is 8.08. The highest BCUT2D eigenvalue weighted by Crippen LogP contribution is 2.32. The lowest BCUT2D eigenvalue weighted by Gasteiger charge is -2.23. The van der Waals surface area contributed by atoms with Crippen molar-refractivity contribution in [2.75, 3.05) is 7.11 Å². The van der Waals surface area contributed by atoms with Crippen molar-refractivity contribution >= 4 is 0 Å². The molecule has 0 fully saturated rings. The van der Waals surface area contributed by atoms with Crippen molar-refractivity contribution in [3.63, 3.8) is 0 Å². The molecule has 5 nitrogen and oxygen atoms in total. The first-order chi connectivity index (χ1) is 11.0.